The van der Waals surface area contributed by atoms with Crippen LogP contribution in [0.2, 0.25) is 0 Å². The molecule has 0 bridgehead atoms. The van der Waals surface area contributed by atoms with Crippen LogP contribution < -0.4 is 5.32 Å². The summed E-state index contributed by atoms with van der Waals surface area (Å²) in [4.78, 5) is 19.5. The molecule has 1 amide bonds. The number of fused-ring (bicyclic) bond motifs is 1. The fourth-order valence-electron chi connectivity index (χ4n) is 4.61. The van der Waals surface area contributed by atoms with E-state index in [9.17, 15) is 4.79 Å². The Hall–Kier alpha value is -2.22. The van der Waals surface area contributed by atoms with E-state index in [1.165, 1.54) is 5.56 Å². The topological polar surface area (TPSA) is 80.9 Å². The molecule has 1 aliphatic carbocycles. The average molecular weight is 355 g/mol. The van der Waals surface area contributed by atoms with Gasteiger partial charge in [0.15, 0.2) is 0 Å². The van der Waals surface area contributed by atoms with Gasteiger partial charge in [-0.25, -0.2) is 9.67 Å². The lowest BCUT2D eigenvalue weighted by atomic mass is 9.74. The summed E-state index contributed by atoms with van der Waals surface area (Å²) in [6, 6.07) is -0.0363. The molecule has 2 aliphatic heterocycles. The van der Waals surface area contributed by atoms with Crippen molar-refractivity contribution in [3.63, 3.8) is 0 Å². The average Bonchev–Trinajstić information content (AvgIpc) is 3.03. The molecule has 1 spiro atoms. The van der Waals surface area contributed by atoms with E-state index in [2.05, 4.69) is 31.6 Å². The monoisotopic (exact) mass is 355 g/mol. The minimum atomic E-state index is -0.0363. The van der Waals surface area contributed by atoms with E-state index in [0.717, 1.165) is 57.7 Å². The largest absolute Gasteiger partial charge is 0.345 e. The van der Waals surface area contributed by atoms with Gasteiger partial charge in [-0.3, -0.25) is 14.4 Å². The molecule has 2 aromatic rings. The zero-order chi connectivity index (χ0) is 17.7. The smallest absolute Gasteiger partial charge is 0.223 e. The highest BCUT2D eigenvalue weighted by molar-refractivity contribution is 5.81. The normalized spacial score (nSPS) is 28.4. The molecule has 26 heavy (non-hydrogen) atoms. The summed E-state index contributed by atoms with van der Waals surface area (Å²) in [5.74, 6) is 1.32. The van der Waals surface area contributed by atoms with Gasteiger partial charge in [0.25, 0.3) is 0 Å². The van der Waals surface area contributed by atoms with Crippen LogP contribution in [-0.2, 0) is 24.9 Å². The first-order valence-electron chi connectivity index (χ1n) is 9.51. The standard InChI is InChI=1S/C18H25N7O/c1-23-9-13(8-20-23)10-24-6-4-18(11-24)5-7-25-16(19-12-21-25)15(18)22-17(26)14-2-3-14/h8-9,12,14-15H,2-7,10-11H2,1H3,(H,22,26)/t15-,18-/m1/s1. The molecule has 1 N–H and O–H groups in total. The van der Waals surface area contributed by atoms with Crippen molar-refractivity contribution in [3.05, 3.63) is 30.1 Å². The lowest BCUT2D eigenvalue weighted by Crippen LogP contribution is -2.47. The molecule has 2 atom stereocenters. The van der Waals surface area contributed by atoms with E-state index >= 15 is 0 Å². The number of hydrogen-bond donors (Lipinski definition) is 1. The maximum atomic E-state index is 12.5. The predicted octanol–water partition coefficient (Wildman–Crippen LogP) is 0.875. The molecule has 2 aromatic heterocycles. The van der Waals surface area contributed by atoms with E-state index in [4.69, 9.17) is 0 Å². The van der Waals surface area contributed by atoms with Crippen LogP contribution in [0.4, 0.5) is 0 Å². The summed E-state index contributed by atoms with van der Waals surface area (Å²) in [5, 5.41) is 12.0. The first-order valence-corrected chi connectivity index (χ1v) is 9.51. The molecular formula is C18H25N7O. The minimum Gasteiger partial charge on any atom is -0.345 e. The Morgan fingerprint density at radius 1 is 1.31 bits per heavy atom. The Morgan fingerprint density at radius 2 is 2.15 bits per heavy atom. The van der Waals surface area contributed by atoms with Crippen molar-refractivity contribution >= 4 is 5.91 Å². The van der Waals surface area contributed by atoms with Gasteiger partial charge >= 0.3 is 0 Å². The van der Waals surface area contributed by atoms with Gasteiger partial charge in [0.2, 0.25) is 5.91 Å². The summed E-state index contributed by atoms with van der Waals surface area (Å²) in [6.45, 7) is 3.81. The molecule has 4 heterocycles. The summed E-state index contributed by atoms with van der Waals surface area (Å²) in [5.41, 5.74) is 1.29. The lowest BCUT2D eigenvalue weighted by Gasteiger charge is -2.41. The van der Waals surface area contributed by atoms with Crippen LogP contribution >= 0.6 is 0 Å². The predicted molar refractivity (Wildman–Crippen MR) is 93.8 cm³/mol. The zero-order valence-electron chi connectivity index (χ0n) is 15.1. The third-order valence-corrected chi connectivity index (χ3v) is 6.20. The van der Waals surface area contributed by atoms with Gasteiger partial charge in [-0.15, -0.1) is 0 Å². The van der Waals surface area contributed by atoms with E-state index in [1.807, 2.05) is 22.6 Å². The molecule has 8 nitrogen and oxygen atoms in total. The van der Waals surface area contributed by atoms with Crippen molar-refractivity contribution in [2.45, 2.75) is 44.8 Å². The van der Waals surface area contributed by atoms with Crippen LogP contribution in [0.5, 0.6) is 0 Å². The number of amides is 1. The lowest BCUT2D eigenvalue weighted by molar-refractivity contribution is -0.124. The van der Waals surface area contributed by atoms with Crippen molar-refractivity contribution < 1.29 is 4.79 Å². The van der Waals surface area contributed by atoms with Crippen molar-refractivity contribution in [1.82, 2.24) is 34.8 Å². The van der Waals surface area contributed by atoms with Crippen LogP contribution in [0.25, 0.3) is 0 Å². The van der Waals surface area contributed by atoms with Crippen LogP contribution in [-0.4, -0.2) is 48.4 Å². The summed E-state index contributed by atoms with van der Waals surface area (Å²) >= 11 is 0. The van der Waals surface area contributed by atoms with Gasteiger partial charge in [0, 0.05) is 49.8 Å². The third-order valence-electron chi connectivity index (χ3n) is 6.20. The fourth-order valence-corrected chi connectivity index (χ4v) is 4.61. The Labute approximate surface area is 152 Å². The summed E-state index contributed by atoms with van der Waals surface area (Å²) in [6.07, 6.45) is 9.78. The molecule has 0 unspecified atom stereocenters. The van der Waals surface area contributed by atoms with Crippen LogP contribution in [0, 0.1) is 11.3 Å². The van der Waals surface area contributed by atoms with Crippen molar-refractivity contribution in [2.75, 3.05) is 13.1 Å². The van der Waals surface area contributed by atoms with Gasteiger partial charge in [-0.2, -0.15) is 10.2 Å². The Kier molecular flexibility index (Phi) is 3.63. The highest BCUT2D eigenvalue weighted by Gasteiger charge is 2.50. The number of nitrogens with one attached hydrogen (secondary N) is 1. The number of likely N-dealkylation sites (tertiary alicyclic amines) is 1. The van der Waals surface area contributed by atoms with Crippen molar-refractivity contribution in [1.29, 1.82) is 0 Å². The fraction of sp³-hybridized carbons (Fsp3) is 0.667. The zero-order valence-corrected chi connectivity index (χ0v) is 15.1. The second kappa shape index (κ2) is 5.90. The molecule has 1 saturated carbocycles. The van der Waals surface area contributed by atoms with Gasteiger partial charge < -0.3 is 5.32 Å². The van der Waals surface area contributed by atoms with Crippen molar-refractivity contribution in [2.24, 2.45) is 18.4 Å². The SMILES string of the molecule is Cn1cc(CN2CC[C@@]3(CCn4ncnc4[C@H]3NC(=O)C3CC3)C2)cn1. The first-order chi connectivity index (χ1) is 12.6. The first kappa shape index (κ1) is 16.0. The summed E-state index contributed by atoms with van der Waals surface area (Å²) in [7, 11) is 1.95. The number of carbonyl (C=O) groups is 1. The maximum Gasteiger partial charge on any atom is 0.223 e. The van der Waals surface area contributed by atoms with E-state index in [1.54, 1.807) is 6.33 Å². The molecule has 5 rings (SSSR count). The quantitative estimate of drug-likeness (QED) is 0.880. The molecule has 3 aliphatic rings. The second-order valence-corrected chi connectivity index (χ2v) is 8.15. The van der Waals surface area contributed by atoms with Crippen LogP contribution in [0.15, 0.2) is 18.7 Å². The Morgan fingerprint density at radius 3 is 2.92 bits per heavy atom. The number of carbonyl (C=O) groups excluding carboxylic acids is 1. The molecule has 0 radical (unpaired) electrons. The third kappa shape index (κ3) is 2.72. The molecule has 138 valence electrons. The molecule has 2 fully saturated rings. The second-order valence-electron chi connectivity index (χ2n) is 8.15. The van der Waals surface area contributed by atoms with Crippen LogP contribution in [0.1, 0.15) is 43.1 Å². The number of aromatic nitrogens is 5. The molecular weight excluding hydrogens is 330 g/mol. The van der Waals surface area contributed by atoms with Gasteiger partial charge in [-0.1, -0.05) is 0 Å². The van der Waals surface area contributed by atoms with Gasteiger partial charge in [0.05, 0.1) is 12.2 Å². The minimum absolute atomic E-state index is 0.0363. The Bertz CT molecular complexity index is 823. The summed E-state index contributed by atoms with van der Waals surface area (Å²) < 4.78 is 3.82. The van der Waals surface area contributed by atoms with E-state index in [-0.39, 0.29) is 23.3 Å². The Balaban J connectivity index is 1.38. The molecule has 8 heteroatoms. The maximum absolute atomic E-state index is 12.5. The van der Waals surface area contributed by atoms with Crippen molar-refractivity contribution in [3.8, 4) is 0 Å². The van der Waals surface area contributed by atoms with E-state index in [0.29, 0.717) is 0 Å². The molecule has 0 aromatic carbocycles. The van der Waals surface area contributed by atoms with Crippen LogP contribution in [0.3, 0.4) is 0 Å². The number of rotatable bonds is 4. The number of hydrogen-bond acceptors (Lipinski definition) is 5. The molecule has 1 saturated heterocycles. The van der Waals surface area contributed by atoms with Gasteiger partial charge in [-0.05, 0) is 32.2 Å². The van der Waals surface area contributed by atoms with E-state index < -0.39 is 0 Å². The number of aryl methyl sites for hydroxylation is 2. The van der Waals surface area contributed by atoms with Gasteiger partial charge in [0.1, 0.15) is 12.2 Å². The number of nitrogens with zero attached hydrogens (tertiary/aromatic N) is 6. The highest BCUT2D eigenvalue weighted by Crippen LogP contribution is 2.48. The highest BCUT2D eigenvalue weighted by atomic mass is 16.2.